The number of aliphatic hydroxyl groups is 1. The number of benzene rings is 2. The van der Waals surface area contributed by atoms with E-state index in [1.165, 1.54) is 18.7 Å². The molecule has 4 rings (SSSR count). The van der Waals surface area contributed by atoms with E-state index in [0.717, 1.165) is 35.1 Å². The lowest BCUT2D eigenvalue weighted by Gasteiger charge is -2.29. The van der Waals surface area contributed by atoms with Gasteiger partial charge in [-0.15, -0.1) is 0 Å². The molecule has 0 bridgehead atoms. The molecule has 2 aromatic carbocycles. The van der Waals surface area contributed by atoms with E-state index in [0.29, 0.717) is 11.6 Å². The van der Waals surface area contributed by atoms with Crippen LogP contribution in [0.15, 0.2) is 53.0 Å². The van der Waals surface area contributed by atoms with Crippen molar-refractivity contribution < 1.29 is 26.7 Å². The lowest BCUT2D eigenvalue weighted by Crippen LogP contribution is -3.00. The average molecular weight is 501 g/mol. The monoisotopic (exact) mass is 498 g/mol. The van der Waals surface area contributed by atoms with Crippen LogP contribution in [-0.4, -0.2) is 28.6 Å². The molecule has 1 atom stereocenters. The van der Waals surface area contributed by atoms with Crippen molar-refractivity contribution in [3.63, 3.8) is 0 Å². The van der Waals surface area contributed by atoms with Crippen LogP contribution in [0.5, 0.6) is 0 Å². The predicted molar refractivity (Wildman–Crippen MR) is 105 cm³/mol. The van der Waals surface area contributed by atoms with Crippen molar-refractivity contribution in [3.05, 3.63) is 63.6 Å². The zero-order valence-corrected chi connectivity index (χ0v) is 18.3. The summed E-state index contributed by atoms with van der Waals surface area (Å²) in [6, 6.07) is 15.7. The van der Waals surface area contributed by atoms with Crippen molar-refractivity contribution in [2.24, 2.45) is 0 Å². The van der Waals surface area contributed by atoms with Crippen molar-refractivity contribution in [3.8, 4) is 0 Å². The van der Waals surface area contributed by atoms with Crippen molar-refractivity contribution in [2.75, 3.05) is 18.0 Å². The Bertz CT molecular complexity index is 808. The quantitative estimate of drug-likeness (QED) is 0.637. The van der Waals surface area contributed by atoms with Crippen LogP contribution >= 0.6 is 27.5 Å². The first-order valence-electron chi connectivity index (χ1n) is 8.73. The van der Waals surface area contributed by atoms with E-state index >= 15 is 0 Å². The maximum absolute atomic E-state index is 11.8. The average Bonchev–Trinajstić information content (AvgIpc) is 2.74. The number of hydrogen-bond donors (Lipinski definition) is 1. The second-order valence-corrected chi connectivity index (χ2v) is 8.14. The number of anilines is 1. The lowest BCUT2D eigenvalue weighted by atomic mass is 10.00. The SMILES string of the molecule is OC1(c2ccc(Br)cc2)C[N+]2=C(CCCCC2)N1c1ccc(Cl)cc1.[Br-]. The number of rotatable bonds is 2. The van der Waals surface area contributed by atoms with Crippen molar-refractivity contribution >= 4 is 39.1 Å². The van der Waals surface area contributed by atoms with Gasteiger partial charge in [-0.3, -0.25) is 4.58 Å². The van der Waals surface area contributed by atoms with Crippen LogP contribution in [0.3, 0.4) is 0 Å². The summed E-state index contributed by atoms with van der Waals surface area (Å²) >= 11 is 9.57. The third kappa shape index (κ3) is 3.59. The Balaban J connectivity index is 0.00000196. The highest BCUT2D eigenvalue weighted by molar-refractivity contribution is 9.10. The summed E-state index contributed by atoms with van der Waals surface area (Å²) in [4.78, 5) is 2.11. The van der Waals surface area contributed by atoms with E-state index in [-0.39, 0.29) is 17.0 Å². The van der Waals surface area contributed by atoms with E-state index in [1.54, 1.807) is 0 Å². The Labute approximate surface area is 178 Å². The van der Waals surface area contributed by atoms with Gasteiger partial charge in [0.15, 0.2) is 6.54 Å². The van der Waals surface area contributed by atoms with Gasteiger partial charge in [0.2, 0.25) is 0 Å². The van der Waals surface area contributed by atoms with Crippen LogP contribution in [0.4, 0.5) is 5.69 Å². The molecule has 1 unspecified atom stereocenters. The Morgan fingerprint density at radius 1 is 1.00 bits per heavy atom. The zero-order chi connectivity index (χ0) is 17.4. The fourth-order valence-corrected chi connectivity index (χ4v) is 4.30. The molecule has 138 valence electrons. The largest absolute Gasteiger partial charge is 1.00 e. The summed E-state index contributed by atoms with van der Waals surface area (Å²) in [5.74, 6) is 1.21. The van der Waals surface area contributed by atoms with Gasteiger partial charge < -0.3 is 22.1 Å². The molecule has 0 spiro atoms. The van der Waals surface area contributed by atoms with E-state index in [4.69, 9.17) is 11.6 Å². The number of hydrogen-bond acceptors (Lipinski definition) is 2. The van der Waals surface area contributed by atoms with E-state index < -0.39 is 5.72 Å². The lowest BCUT2D eigenvalue weighted by molar-refractivity contribution is -0.534. The highest BCUT2D eigenvalue weighted by Gasteiger charge is 2.53. The second kappa shape index (κ2) is 8.01. The Morgan fingerprint density at radius 3 is 2.38 bits per heavy atom. The fourth-order valence-electron chi connectivity index (χ4n) is 3.91. The van der Waals surface area contributed by atoms with Gasteiger partial charge in [0, 0.05) is 21.5 Å². The van der Waals surface area contributed by atoms with Crippen LogP contribution in [-0.2, 0) is 5.72 Å². The van der Waals surface area contributed by atoms with E-state index in [9.17, 15) is 5.11 Å². The maximum atomic E-state index is 11.8. The van der Waals surface area contributed by atoms with Crippen molar-refractivity contribution in [1.82, 2.24) is 0 Å². The van der Waals surface area contributed by atoms with E-state index in [1.807, 2.05) is 48.5 Å². The molecule has 0 aromatic heterocycles. The molecule has 2 aliphatic rings. The third-order valence-corrected chi connectivity index (χ3v) is 5.90. The minimum atomic E-state index is -1.07. The normalized spacial score (nSPS) is 22.7. The molecule has 2 heterocycles. The van der Waals surface area contributed by atoms with Crippen LogP contribution in [0, 0.1) is 0 Å². The predicted octanol–water partition coefficient (Wildman–Crippen LogP) is 1.76. The first-order chi connectivity index (χ1) is 12.1. The Kier molecular flexibility index (Phi) is 6.12. The smallest absolute Gasteiger partial charge is 0.275 e. The molecule has 0 radical (unpaired) electrons. The molecule has 2 aliphatic heterocycles. The van der Waals surface area contributed by atoms with Gasteiger partial charge in [-0.1, -0.05) is 39.7 Å². The summed E-state index contributed by atoms with van der Waals surface area (Å²) < 4.78 is 3.36. The first kappa shape index (κ1) is 19.9. The molecule has 6 heteroatoms. The topological polar surface area (TPSA) is 26.5 Å². The Morgan fingerprint density at radius 2 is 1.69 bits per heavy atom. The summed E-state index contributed by atoms with van der Waals surface area (Å²) in [5.41, 5.74) is 0.821. The minimum absolute atomic E-state index is 0. The zero-order valence-electron chi connectivity index (χ0n) is 14.3. The van der Waals surface area contributed by atoms with Crippen molar-refractivity contribution in [2.45, 2.75) is 31.4 Å². The molecule has 1 N–H and O–H groups in total. The number of nitrogens with zero attached hydrogens (tertiary/aromatic N) is 2. The Hall–Kier alpha value is -0.880. The van der Waals surface area contributed by atoms with Gasteiger partial charge in [-0.2, -0.15) is 4.90 Å². The third-order valence-electron chi connectivity index (χ3n) is 5.12. The molecule has 0 fully saturated rings. The van der Waals surface area contributed by atoms with Gasteiger partial charge in [0.1, 0.15) is 5.69 Å². The molecule has 0 aliphatic carbocycles. The van der Waals surface area contributed by atoms with Gasteiger partial charge in [-0.25, -0.2) is 0 Å². The number of amidine groups is 1. The molecular weight excluding hydrogens is 479 g/mol. The molecule has 2 aromatic rings. The van der Waals surface area contributed by atoms with Crippen LogP contribution in [0.25, 0.3) is 0 Å². The number of halogens is 3. The van der Waals surface area contributed by atoms with E-state index in [2.05, 4.69) is 25.4 Å². The van der Waals surface area contributed by atoms with Gasteiger partial charge in [-0.05, 0) is 55.7 Å². The highest BCUT2D eigenvalue weighted by Crippen LogP contribution is 2.38. The summed E-state index contributed by atoms with van der Waals surface area (Å²) in [6.45, 7) is 1.59. The summed E-state index contributed by atoms with van der Waals surface area (Å²) in [6.07, 6.45) is 4.56. The summed E-state index contributed by atoms with van der Waals surface area (Å²) in [5, 5.41) is 12.5. The van der Waals surface area contributed by atoms with Gasteiger partial charge in [0.05, 0.1) is 6.54 Å². The minimum Gasteiger partial charge on any atom is -1.00 e. The maximum Gasteiger partial charge on any atom is 0.275 e. The summed E-state index contributed by atoms with van der Waals surface area (Å²) in [7, 11) is 0. The first-order valence-corrected chi connectivity index (χ1v) is 9.90. The highest BCUT2D eigenvalue weighted by atomic mass is 79.9. The molecule has 26 heavy (non-hydrogen) atoms. The van der Waals surface area contributed by atoms with Crippen LogP contribution in [0.2, 0.25) is 5.02 Å². The van der Waals surface area contributed by atoms with Gasteiger partial charge in [0.25, 0.3) is 11.6 Å². The second-order valence-electron chi connectivity index (χ2n) is 6.78. The van der Waals surface area contributed by atoms with Gasteiger partial charge >= 0.3 is 0 Å². The standard InChI is InChI=1S/C20H21BrClN2O.BrH/c21-16-7-5-15(6-8-16)20(25)14-23-13-3-1-2-4-19(23)24(20)18-11-9-17(22)10-12-18;/h5-12,25H,1-4,13-14H2;1H/q+1;/p-1. The molecule has 0 saturated carbocycles. The van der Waals surface area contributed by atoms with Crippen LogP contribution in [0.1, 0.15) is 31.2 Å². The molecular formula is C20H21Br2ClN2O. The fraction of sp³-hybridized carbons (Fsp3) is 0.350. The molecule has 3 nitrogen and oxygen atoms in total. The molecule has 0 saturated heterocycles. The van der Waals surface area contributed by atoms with Crippen LogP contribution < -0.4 is 21.9 Å². The van der Waals surface area contributed by atoms with Crippen molar-refractivity contribution in [1.29, 1.82) is 0 Å². The molecule has 0 amide bonds.